The van der Waals surface area contributed by atoms with Crippen molar-refractivity contribution in [2.45, 2.75) is 24.3 Å². The maximum Gasteiger partial charge on any atom is 0.326 e. The van der Waals surface area contributed by atoms with E-state index in [4.69, 9.17) is 16.7 Å². The first-order chi connectivity index (χ1) is 6.56. The Hall–Kier alpha value is -0.420. The average molecular weight is 238 g/mol. The Balaban J connectivity index is 2.73. The van der Waals surface area contributed by atoms with Crippen LogP contribution >= 0.6 is 24.2 Å². The molecule has 0 bridgehead atoms. The fourth-order valence-electron chi connectivity index (χ4n) is 1.55. The summed E-state index contributed by atoms with van der Waals surface area (Å²) in [5.41, 5.74) is 0. The molecule has 2 atom stereocenters. The van der Waals surface area contributed by atoms with E-state index in [0.29, 0.717) is 19.4 Å². The summed E-state index contributed by atoms with van der Waals surface area (Å²) >= 11 is 9.71. The molecular weight excluding hydrogens is 226 g/mol. The third kappa shape index (κ3) is 2.54. The van der Waals surface area contributed by atoms with E-state index in [2.05, 4.69) is 12.6 Å². The summed E-state index contributed by atoms with van der Waals surface area (Å²) in [5, 5.41) is 8.73. The Morgan fingerprint density at radius 2 is 2.14 bits per heavy atom. The van der Waals surface area contributed by atoms with Gasteiger partial charge in [-0.3, -0.25) is 4.79 Å². The Morgan fingerprint density at radius 3 is 2.64 bits per heavy atom. The first kappa shape index (κ1) is 11.7. The third-order valence-electron chi connectivity index (χ3n) is 2.27. The van der Waals surface area contributed by atoms with Crippen LogP contribution in [0.2, 0.25) is 0 Å². The van der Waals surface area contributed by atoms with Gasteiger partial charge in [0, 0.05) is 6.54 Å². The highest BCUT2D eigenvalue weighted by molar-refractivity contribution is 7.81. The van der Waals surface area contributed by atoms with Gasteiger partial charge in [-0.2, -0.15) is 12.6 Å². The number of hydrogen-bond acceptors (Lipinski definition) is 3. The van der Waals surface area contributed by atoms with E-state index in [-0.39, 0.29) is 17.0 Å². The van der Waals surface area contributed by atoms with Crippen molar-refractivity contribution in [1.29, 1.82) is 0 Å². The lowest BCUT2D eigenvalue weighted by Crippen LogP contribution is -2.51. The zero-order chi connectivity index (χ0) is 10.7. The zero-order valence-electron chi connectivity index (χ0n) is 7.52. The number of thiol groups is 1. The summed E-state index contributed by atoms with van der Waals surface area (Å²) in [6, 6.07) is -0.732. The van der Waals surface area contributed by atoms with E-state index >= 15 is 0 Å². The van der Waals surface area contributed by atoms with Gasteiger partial charge in [0.25, 0.3) is 0 Å². The quantitative estimate of drug-likeness (QED) is 0.546. The highest BCUT2D eigenvalue weighted by atomic mass is 35.5. The lowest BCUT2D eigenvalue weighted by Gasteiger charge is -2.35. The molecule has 0 saturated carbocycles. The van der Waals surface area contributed by atoms with Crippen molar-refractivity contribution in [3.63, 3.8) is 0 Å². The van der Waals surface area contributed by atoms with Gasteiger partial charge in [-0.05, 0) is 12.8 Å². The number of aliphatic carboxylic acids is 1. The van der Waals surface area contributed by atoms with Crippen LogP contribution in [0.4, 0.5) is 0 Å². The number of likely N-dealkylation sites (tertiary alicyclic amines) is 1. The van der Waals surface area contributed by atoms with Gasteiger partial charge >= 0.3 is 5.97 Å². The Morgan fingerprint density at radius 1 is 1.50 bits per heavy atom. The molecular formula is C8H12ClNO3S. The first-order valence-electron chi connectivity index (χ1n) is 4.33. The normalized spacial score (nSPS) is 27.4. The monoisotopic (exact) mass is 237 g/mol. The smallest absolute Gasteiger partial charge is 0.326 e. The molecule has 0 aromatic heterocycles. The van der Waals surface area contributed by atoms with Crippen molar-refractivity contribution >= 4 is 36.1 Å². The van der Waals surface area contributed by atoms with Gasteiger partial charge in [0.15, 0.2) is 0 Å². The molecule has 1 fully saturated rings. The standard InChI is InChI=1S/C8H12ClNO3S/c9-5-1-2-6(8(12)13)10(3-5)7(11)4-14/h5-6,14H,1-4H2,(H,12,13). The second kappa shape index (κ2) is 4.89. The molecule has 4 nitrogen and oxygen atoms in total. The summed E-state index contributed by atoms with van der Waals surface area (Å²) < 4.78 is 0. The van der Waals surface area contributed by atoms with Crippen LogP contribution in [0, 0.1) is 0 Å². The van der Waals surface area contributed by atoms with Crippen LogP contribution < -0.4 is 0 Å². The number of hydrogen-bond donors (Lipinski definition) is 2. The van der Waals surface area contributed by atoms with Crippen molar-refractivity contribution in [1.82, 2.24) is 4.90 Å². The highest BCUT2D eigenvalue weighted by Gasteiger charge is 2.34. The number of carboxylic acids is 1. The maximum absolute atomic E-state index is 11.4. The van der Waals surface area contributed by atoms with Crippen molar-refractivity contribution < 1.29 is 14.7 Å². The van der Waals surface area contributed by atoms with Crippen LogP contribution in [0.25, 0.3) is 0 Å². The minimum absolute atomic E-state index is 0.0212. The second-order valence-electron chi connectivity index (χ2n) is 3.23. The minimum atomic E-state index is -0.969. The fourth-order valence-corrected chi connectivity index (χ4v) is 2.01. The van der Waals surface area contributed by atoms with Crippen molar-refractivity contribution in [3.8, 4) is 0 Å². The van der Waals surface area contributed by atoms with Gasteiger partial charge in [-0.15, -0.1) is 11.6 Å². The first-order valence-corrected chi connectivity index (χ1v) is 5.40. The van der Waals surface area contributed by atoms with Gasteiger partial charge in [-0.1, -0.05) is 0 Å². The molecule has 1 aliphatic rings. The molecule has 2 unspecified atom stereocenters. The summed E-state index contributed by atoms with van der Waals surface area (Å²) in [6.07, 6.45) is 1.05. The summed E-state index contributed by atoms with van der Waals surface area (Å²) in [4.78, 5) is 23.5. The Kier molecular flexibility index (Phi) is 4.07. The number of rotatable bonds is 2. The van der Waals surface area contributed by atoms with Gasteiger partial charge in [0.05, 0.1) is 11.1 Å². The van der Waals surface area contributed by atoms with Gasteiger partial charge < -0.3 is 10.0 Å². The van der Waals surface area contributed by atoms with Crippen LogP contribution in [0.3, 0.4) is 0 Å². The van der Waals surface area contributed by atoms with E-state index in [9.17, 15) is 9.59 Å². The number of carbonyl (C=O) groups excluding carboxylic acids is 1. The molecule has 1 rings (SSSR count). The van der Waals surface area contributed by atoms with E-state index in [1.807, 2.05) is 0 Å². The number of carbonyl (C=O) groups is 2. The minimum Gasteiger partial charge on any atom is -0.480 e. The average Bonchev–Trinajstić information content (AvgIpc) is 2.16. The van der Waals surface area contributed by atoms with Crippen molar-refractivity contribution in [2.75, 3.05) is 12.3 Å². The zero-order valence-corrected chi connectivity index (χ0v) is 9.17. The predicted octanol–water partition coefficient (Wildman–Crippen LogP) is 0.599. The Bertz CT molecular complexity index is 249. The second-order valence-corrected chi connectivity index (χ2v) is 4.17. The van der Waals surface area contributed by atoms with E-state index in [1.165, 1.54) is 4.90 Å². The van der Waals surface area contributed by atoms with Crippen LogP contribution in [0.1, 0.15) is 12.8 Å². The number of piperidine rings is 1. The molecule has 14 heavy (non-hydrogen) atoms. The van der Waals surface area contributed by atoms with Crippen molar-refractivity contribution in [3.05, 3.63) is 0 Å². The molecule has 1 saturated heterocycles. The lowest BCUT2D eigenvalue weighted by molar-refractivity contribution is -0.150. The van der Waals surface area contributed by atoms with Gasteiger partial charge in [0.1, 0.15) is 6.04 Å². The fraction of sp³-hybridized carbons (Fsp3) is 0.750. The largest absolute Gasteiger partial charge is 0.480 e. The molecule has 1 amide bonds. The number of nitrogens with zero attached hydrogens (tertiary/aromatic N) is 1. The SMILES string of the molecule is O=C(O)C1CCC(Cl)CN1C(=O)CS. The van der Waals surface area contributed by atoms with Crippen LogP contribution in [-0.4, -0.2) is 45.6 Å². The molecule has 0 aromatic rings. The molecule has 80 valence electrons. The highest BCUT2D eigenvalue weighted by Crippen LogP contribution is 2.21. The third-order valence-corrected chi connectivity index (χ3v) is 2.89. The van der Waals surface area contributed by atoms with E-state index < -0.39 is 12.0 Å². The molecule has 1 aliphatic heterocycles. The summed E-state index contributed by atoms with van der Waals surface area (Å²) in [7, 11) is 0. The van der Waals surface area contributed by atoms with Gasteiger partial charge in [0.2, 0.25) is 5.91 Å². The van der Waals surface area contributed by atoms with Gasteiger partial charge in [-0.25, -0.2) is 4.79 Å². The molecule has 0 aliphatic carbocycles. The predicted molar refractivity (Wildman–Crippen MR) is 55.9 cm³/mol. The van der Waals surface area contributed by atoms with E-state index in [1.54, 1.807) is 0 Å². The maximum atomic E-state index is 11.4. The number of alkyl halides is 1. The Labute approximate surface area is 92.6 Å². The van der Waals surface area contributed by atoms with Crippen molar-refractivity contribution in [2.24, 2.45) is 0 Å². The van der Waals surface area contributed by atoms with Crippen LogP contribution in [0.5, 0.6) is 0 Å². The van der Waals surface area contributed by atoms with Crippen LogP contribution in [0.15, 0.2) is 0 Å². The molecule has 0 aromatic carbocycles. The lowest BCUT2D eigenvalue weighted by atomic mass is 10.0. The number of amides is 1. The molecule has 0 radical (unpaired) electrons. The topological polar surface area (TPSA) is 57.6 Å². The summed E-state index contributed by atoms with van der Waals surface area (Å²) in [6.45, 7) is 0.303. The van der Waals surface area contributed by atoms with E-state index in [0.717, 1.165) is 0 Å². The summed E-state index contributed by atoms with van der Waals surface area (Å²) in [5.74, 6) is -1.22. The molecule has 6 heteroatoms. The molecule has 0 spiro atoms. The molecule has 1 heterocycles. The molecule has 1 N–H and O–H groups in total. The number of carboxylic acid groups (broad SMARTS) is 1. The van der Waals surface area contributed by atoms with Crippen LogP contribution in [-0.2, 0) is 9.59 Å². The number of halogens is 1.